The molecule has 0 aromatic carbocycles. The van der Waals surface area contributed by atoms with Crippen LogP contribution in [-0.4, -0.2) is 57.9 Å². The lowest BCUT2D eigenvalue weighted by atomic mass is 9.89. The van der Waals surface area contributed by atoms with Crippen LogP contribution in [-0.2, 0) is 4.74 Å². The number of ether oxygens (including phenoxy) is 1. The second-order valence-electron chi connectivity index (χ2n) is 3.61. The zero-order valence-electron chi connectivity index (χ0n) is 8.17. The van der Waals surface area contributed by atoms with Crippen LogP contribution in [0.2, 0.25) is 0 Å². The number of aliphatic hydroxyl groups excluding tert-OH is 3. The maximum atomic E-state index is 9.80. The maximum absolute atomic E-state index is 9.80. The number of nitrogens with zero attached hydrogens (tertiary/aromatic N) is 1. The van der Waals surface area contributed by atoms with Gasteiger partial charge in [-0.3, -0.25) is 0 Å². The van der Waals surface area contributed by atoms with Crippen LogP contribution in [0.5, 0.6) is 0 Å². The fourth-order valence-electron chi connectivity index (χ4n) is 1.68. The molecule has 1 aliphatic heterocycles. The van der Waals surface area contributed by atoms with Crippen molar-refractivity contribution in [3.8, 4) is 0 Å². The van der Waals surface area contributed by atoms with Crippen molar-refractivity contribution in [3.63, 3.8) is 0 Å². The van der Waals surface area contributed by atoms with Gasteiger partial charge in [0.25, 0.3) is 0 Å². The Morgan fingerprint density at radius 1 is 1.43 bits per heavy atom. The average molecular weight is 226 g/mol. The molecule has 1 fully saturated rings. The highest BCUT2D eigenvalue weighted by atomic mass is 35.5. The van der Waals surface area contributed by atoms with E-state index in [1.807, 2.05) is 0 Å². The number of rotatable bonds is 2. The minimum atomic E-state index is -1.18. The maximum Gasteiger partial charge on any atom is 0.174 e. The van der Waals surface area contributed by atoms with Crippen LogP contribution >= 0.6 is 11.8 Å². The molecule has 0 aromatic heterocycles. The van der Waals surface area contributed by atoms with Gasteiger partial charge in [0.15, 0.2) is 6.29 Å². The molecule has 0 amide bonds. The average Bonchev–Trinajstić information content (AvgIpc) is 2.10. The molecule has 0 radical (unpaired) electrons. The Morgan fingerprint density at radius 3 is 2.43 bits per heavy atom. The lowest BCUT2D eigenvalue weighted by molar-refractivity contribution is -0.245. The molecule has 14 heavy (non-hydrogen) atoms. The van der Waals surface area contributed by atoms with Crippen LogP contribution < -0.4 is 0 Å². The first-order chi connectivity index (χ1) is 6.49. The van der Waals surface area contributed by atoms with E-state index < -0.39 is 24.5 Å². The van der Waals surface area contributed by atoms with Crippen LogP contribution in [0.1, 0.15) is 6.92 Å². The Kier molecular flexibility index (Phi) is 4.12. The van der Waals surface area contributed by atoms with Gasteiger partial charge in [-0.05, 0) is 11.8 Å². The second kappa shape index (κ2) is 4.74. The normalized spacial score (nSPS) is 44.4. The van der Waals surface area contributed by atoms with Crippen molar-refractivity contribution in [1.29, 1.82) is 0 Å². The van der Waals surface area contributed by atoms with Crippen LogP contribution in [0.4, 0.5) is 0 Å². The first-order valence-corrected chi connectivity index (χ1v) is 4.84. The van der Waals surface area contributed by atoms with E-state index in [9.17, 15) is 10.2 Å². The summed E-state index contributed by atoms with van der Waals surface area (Å²) in [6.45, 7) is 1.51. The lowest BCUT2D eigenvalue weighted by Crippen LogP contribution is -2.58. The molecule has 1 heterocycles. The summed E-state index contributed by atoms with van der Waals surface area (Å²) in [6, 6.07) is -0.672. The monoisotopic (exact) mass is 225 g/mol. The summed E-state index contributed by atoms with van der Waals surface area (Å²) in [5, 5.41) is 28.2. The molecule has 5 atom stereocenters. The first-order valence-electron chi connectivity index (χ1n) is 4.50. The molecule has 0 bridgehead atoms. The van der Waals surface area contributed by atoms with Crippen molar-refractivity contribution in [2.45, 2.75) is 31.5 Å². The first kappa shape index (κ1) is 12.2. The number of halogens is 1. The molecule has 4 unspecified atom stereocenters. The Balaban J connectivity index is 2.74. The van der Waals surface area contributed by atoms with Gasteiger partial charge in [-0.25, -0.2) is 4.42 Å². The summed E-state index contributed by atoms with van der Waals surface area (Å²) >= 11 is 5.67. The van der Waals surface area contributed by atoms with Crippen molar-refractivity contribution >= 4 is 11.8 Å². The topological polar surface area (TPSA) is 73.2 Å². The number of likely N-dealkylation sites (N-methyl/N-ethyl adjacent to an activating group) is 1. The van der Waals surface area contributed by atoms with Gasteiger partial charge >= 0.3 is 0 Å². The third-order valence-corrected chi connectivity index (χ3v) is 2.90. The van der Waals surface area contributed by atoms with Crippen molar-refractivity contribution in [2.24, 2.45) is 5.92 Å². The molecule has 84 valence electrons. The molecular formula is C8H16ClNO4. The van der Waals surface area contributed by atoms with Gasteiger partial charge in [0, 0.05) is 13.0 Å². The highest BCUT2D eigenvalue weighted by molar-refractivity contribution is 6.13. The molecule has 5 nitrogen and oxygen atoms in total. The Morgan fingerprint density at radius 2 is 2.00 bits per heavy atom. The van der Waals surface area contributed by atoms with Gasteiger partial charge in [-0.1, -0.05) is 6.92 Å². The van der Waals surface area contributed by atoms with Gasteiger partial charge in [0.05, 0.1) is 18.8 Å². The van der Waals surface area contributed by atoms with Crippen LogP contribution in [0.25, 0.3) is 0 Å². The SMILES string of the molecule is C[C@@H]1C(CO)OC(O)C(N(C)Cl)C1O. The Hall–Kier alpha value is 0.0900. The third-order valence-electron chi connectivity index (χ3n) is 2.67. The fraction of sp³-hybridized carbons (Fsp3) is 1.00. The molecule has 6 heteroatoms. The van der Waals surface area contributed by atoms with E-state index in [1.165, 1.54) is 11.5 Å². The number of aliphatic hydroxyl groups is 3. The van der Waals surface area contributed by atoms with Gasteiger partial charge in [-0.2, -0.15) is 0 Å². The second-order valence-corrected chi connectivity index (χ2v) is 4.15. The van der Waals surface area contributed by atoms with Crippen molar-refractivity contribution in [2.75, 3.05) is 13.7 Å². The molecule has 3 N–H and O–H groups in total. The summed E-state index contributed by atoms with van der Waals surface area (Å²) in [5.41, 5.74) is 0. The van der Waals surface area contributed by atoms with Gasteiger partial charge < -0.3 is 20.1 Å². The van der Waals surface area contributed by atoms with Gasteiger partial charge in [0.1, 0.15) is 6.04 Å². The van der Waals surface area contributed by atoms with Crippen molar-refractivity contribution < 1.29 is 20.1 Å². The summed E-state index contributed by atoms with van der Waals surface area (Å²) in [7, 11) is 1.54. The standard InChI is InChI=1S/C8H16ClNO4/c1-4-5(3-11)14-8(13)6(7(4)12)10(2)9/h4-8,11-13H,3H2,1-2H3/t4-,5?,6?,7?,8?/m1/s1. The van der Waals surface area contributed by atoms with Crippen LogP contribution in [0, 0.1) is 5.92 Å². The van der Waals surface area contributed by atoms with E-state index in [2.05, 4.69) is 0 Å². The van der Waals surface area contributed by atoms with Crippen molar-refractivity contribution in [3.05, 3.63) is 0 Å². The molecule has 0 aliphatic carbocycles. The summed E-state index contributed by atoms with van der Waals surface area (Å²) in [6.07, 6.45) is -2.55. The molecule has 1 rings (SSSR count). The highest BCUT2D eigenvalue weighted by Crippen LogP contribution is 2.27. The summed E-state index contributed by atoms with van der Waals surface area (Å²) in [4.78, 5) is 0. The van der Waals surface area contributed by atoms with Crippen LogP contribution in [0.15, 0.2) is 0 Å². The smallest absolute Gasteiger partial charge is 0.174 e. The molecule has 1 aliphatic rings. The Bertz CT molecular complexity index is 192. The van der Waals surface area contributed by atoms with Gasteiger partial charge in [0.2, 0.25) is 0 Å². The zero-order valence-corrected chi connectivity index (χ0v) is 8.92. The highest BCUT2D eigenvalue weighted by Gasteiger charge is 2.43. The zero-order chi connectivity index (χ0) is 10.9. The molecule has 0 saturated carbocycles. The van der Waals surface area contributed by atoms with E-state index in [0.29, 0.717) is 0 Å². The lowest BCUT2D eigenvalue weighted by Gasteiger charge is -2.42. The van der Waals surface area contributed by atoms with Crippen LogP contribution in [0.3, 0.4) is 0 Å². The van der Waals surface area contributed by atoms with Crippen molar-refractivity contribution in [1.82, 2.24) is 4.42 Å². The van der Waals surface area contributed by atoms with E-state index in [4.69, 9.17) is 21.6 Å². The van der Waals surface area contributed by atoms with Gasteiger partial charge in [-0.15, -0.1) is 0 Å². The third kappa shape index (κ3) is 2.18. The largest absolute Gasteiger partial charge is 0.394 e. The van der Waals surface area contributed by atoms with E-state index in [0.717, 1.165) is 0 Å². The van der Waals surface area contributed by atoms with E-state index in [1.54, 1.807) is 6.92 Å². The molecule has 0 aromatic rings. The Labute approximate surface area is 88.0 Å². The predicted octanol–water partition coefficient (Wildman–Crippen LogP) is -0.853. The quantitative estimate of drug-likeness (QED) is 0.534. The minimum absolute atomic E-state index is 0.228. The number of hydrogen-bond donors (Lipinski definition) is 3. The molecule has 1 saturated heterocycles. The van der Waals surface area contributed by atoms with E-state index in [-0.39, 0.29) is 12.5 Å². The molecule has 0 spiro atoms. The summed E-state index contributed by atoms with van der Waals surface area (Å²) < 4.78 is 6.31. The van der Waals surface area contributed by atoms with E-state index >= 15 is 0 Å². The minimum Gasteiger partial charge on any atom is -0.394 e. The fourth-order valence-corrected chi connectivity index (χ4v) is 1.89. The predicted molar refractivity (Wildman–Crippen MR) is 50.5 cm³/mol. The number of hydrogen-bond acceptors (Lipinski definition) is 5. The summed E-state index contributed by atoms with van der Waals surface area (Å²) in [5.74, 6) is -0.269. The molecular weight excluding hydrogens is 210 g/mol.